The normalized spacial score (nSPS) is 12.3. The second kappa shape index (κ2) is 23.7. The van der Waals surface area contributed by atoms with Crippen LogP contribution in [-0.4, -0.2) is 19.9 Å². The summed E-state index contributed by atoms with van der Waals surface area (Å²) in [6.45, 7) is 18.5. The van der Waals surface area contributed by atoms with Crippen LogP contribution >= 0.6 is 0 Å². The maximum absolute atomic E-state index is 6.37. The van der Waals surface area contributed by atoms with Crippen molar-refractivity contribution in [2.45, 2.75) is 81.1 Å². The first-order valence-corrected chi connectivity index (χ1v) is 34.8. The minimum absolute atomic E-state index is 0.499. The van der Waals surface area contributed by atoms with Crippen LogP contribution in [0, 0.1) is 23.7 Å². The molecule has 0 fully saturated rings. The third-order valence-corrected chi connectivity index (χ3v) is 20.1. The van der Waals surface area contributed by atoms with Gasteiger partial charge in [-0.2, -0.15) is 0 Å². The van der Waals surface area contributed by atoms with E-state index in [0.717, 1.165) is 180 Å². The Labute approximate surface area is 562 Å². The fraction of sp³-hybridized carbons (Fsp3) is 0.174. The maximum Gasteiger partial charge on any atom is 0.0816 e. The Morgan fingerprint density at radius 2 is 0.427 bits per heavy atom. The molecule has 0 spiro atoms. The van der Waals surface area contributed by atoms with Crippen molar-refractivity contribution in [3.8, 4) is 89.5 Å². The van der Waals surface area contributed by atoms with Gasteiger partial charge < -0.3 is 9.97 Å². The molecule has 4 nitrogen and oxygen atoms in total. The Kier molecular flexibility index (Phi) is 14.6. The van der Waals surface area contributed by atoms with Crippen molar-refractivity contribution < 1.29 is 0 Å². The average Bonchev–Trinajstić information content (AvgIpc) is 1.55. The highest BCUT2D eigenvalue weighted by atomic mass is 14.8. The number of hydrogen-bond acceptors (Lipinski definition) is 2. The summed E-state index contributed by atoms with van der Waals surface area (Å²) in [5.74, 6) is 1.99. The lowest BCUT2D eigenvalue weighted by Gasteiger charge is -2.12. The summed E-state index contributed by atoms with van der Waals surface area (Å²) in [5.41, 5.74) is 25.9. The average molecular weight is 1240 g/mol. The number of rotatable bonds is 12. The zero-order chi connectivity index (χ0) is 65.0. The molecule has 2 aromatic heterocycles. The molecule has 0 saturated heterocycles. The molecule has 2 aliphatic heterocycles. The summed E-state index contributed by atoms with van der Waals surface area (Å²) in [5, 5.41) is 13.8. The number of hydrogen-bond donors (Lipinski definition) is 2. The van der Waals surface area contributed by atoms with Gasteiger partial charge in [-0.05, 0) is 185 Å². The van der Waals surface area contributed by atoms with Gasteiger partial charge in [0.25, 0.3) is 0 Å². The molecular weight excluding hydrogens is 1160 g/mol. The largest absolute Gasteiger partial charge is 0.353 e. The SMILES string of the molecule is CC(C)Cc1ccc(-c2c3nc(c(-c4ccc(CC(C)C)cc4)c4[nH]c(c(-c5ccc(CC(C)C)cc5)c5nc(c(-c6ccc(CC(C)C)cc6)c6[nH]c2c2cc7ccccc7cc62)-c2cc6ccccc6cc2-5)c2cc5ccccc5cc42)-c2cc4ccccc4cc2-3)cc1. The lowest BCUT2D eigenvalue weighted by Crippen LogP contribution is -1.94. The summed E-state index contributed by atoms with van der Waals surface area (Å²) >= 11 is 0. The molecule has 4 heterocycles. The third kappa shape index (κ3) is 10.4. The Morgan fingerprint density at radius 3 is 0.615 bits per heavy atom. The van der Waals surface area contributed by atoms with E-state index in [9.17, 15) is 0 Å². The molecule has 1 aliphatic carbocycles. The van der Waals surface area contributed by atoms with E-state index in [2.05, 4.69) is 308 Å². The zero-order valence-electron chi connectivity index (χ0n) is 56.1. The van der Waals surface area contributed by atoms with Crippen LogP contribution in [0.2, 0.25) is 0 Å². The van der Waals surface area contributed by atoms with Crippen molar-refractivity contribution in [2.75, 3.05) is 0 Å². The molecule has 466 valence electrons. The minimum Gasteiger partial charge on any atom is -0.353 e. The monoisotopic (exact) mass is 1240 g/mol. The highest BCUT2D eigenvalue weighted by Gasteiger charge is 2.32. The number of fused-ring (bicyclic) bond motifs is 4. The summed E-state index contributed by atoms with van der Waals surface area (Å²) in [4.78, 5) is 21.6. The van der Waals surface area contributed by atoms with Crippen LogP contribution in [0.1, 0.15) is 77.6 Å². The highest BCUT2D eigenvalue weighted by molar-refractivity contribution is 6.25. The van der Waals surface area contributed by atoms with E-state index in [1.54, 1.807) is 0 Å². The van der Waals surface area contributed by atoms with Gasteiger partial charge in [-0.3, -0.25) is 0 Å². The fourth-order valence-corrected chi connectivity index (χ4v) is 15.8. The van der Waals surface area contributed by atoms with Gasteiger partial charge in [0.2, 0.25) is 0 Å². The Morgan fingerprint density at radius 1 is 0.240 bits per heavy atom. The topological polar surface area (TPSA) is 57.4 Å². The number of H-pyrrole nitrogens is 2. The zero-order valence-corrected chi connectivity index (χ0v) is 56.1. The molecule has 0 radical (unpaired) electrons. The molecule has 2 N–H and O–H groups in total. The molecule has 17 rings (SSSR count). The maximum atomic E-state index is 6.37. The van der Waals surface area contributed by atoms with Gasteiger partial charge in [-0.1, -0.05) is 250 Å². The van der Waals surface area contributed by atoms with Crippen LogP contribution in [0.4, 0.5) is 0 Å². The highest BCUT2D eigenvalue weighted by Crippen LogP contribution is 2.54. The van der Waals surface area contributed by atoms with Crippen molar-refractivity contribution in [1.29, 1.82) is 0 Å². The quantitative estimate of drug-likeness (QED) is 0.128. The molecule has 3 aliphatic rings. The molecular formula is C92H78N4. The van der Waals surface area contributed by atoms with E-state index < -0.39 is 0 Å². The van der Waals surface area contributed by atoms with Crippen molar-refractivity contribution in [1.82, 2.24) is 19.9 Å². The predicted molar refractivity (Wildman–Crippen MR) is 411 cm³/mol. The van der Waals surface area contributed by atoms with Crippen molar-refractivity contribution in [2.24, 2.45) is 23.7 Å². The summed E-state index contributed by atoms with van der Waals surface area (Å²) < 4.78 is 0. The van der Waals surface area contributed by atoms with Gasteiger partial charge in [0.1, 0.15) is 0 Å². The van der Waals surface area contributed by atoms with Crippen molar-refractivity contribution in [3.05, 3.63) is 265 Å². The lowest BCUT2D eigenvalue weighted by atomic mass is 9.90. The number of benzene rings is 12. The predicted octanol–water partition coefficient (Wildman–Crippen LogP) is 25.4. The van der Waals surface area contributed by atoms with Gasteiger partial charge >= 0.3 is 0 Å². The first-order valence-electron chi connectivity index (χ1n) is 34.8. The Hall–Kier alpha value is -10.7. The molecule has 0 atom stereocenters. The smallest absolute Gasteiger partial charge is 0.0816 e. The van der Waals surface area contributed by atoms with Crippen LogP contribution in [0.3, 0.4) is 0 Å². The van der Waals surface area contributed by atoms with Gasteiger partial charge in [0.15, 0.2) is 0 Å². The van der Waals surface area contributed by atoms with E-state index in [-0.39, 0.29) is 0 Å². The Balaban J connectivity index is 1.18. The first kappa shape index (κ1) is 59.1. The molecule has 96 heavy (non-hydrogen) atoms. The van der Waals surface area contributed by atoms with Crippen molar-refractivity contribution in [3.63, 3.8) is 0 Å². The van der Waals surface area contributed by atoms with Crippen molar-refractivity contribution >= 4 is 86.7 Å². The molecule has 4 heteroatoms. The Bertz CT molecular complexity index is 5090. The van der Waals surface area contributed by atoms with Gasteiger partial charge in [0, 0.05) is 66.1 Å². The number of nitrogens with one attached hydrogen (secondary N) is 2. The molecule has 0 saturated carbocycles. The first-order chi connectivity index (χ1) is 46.8. The number of aromatic nitrogens is 4. The van der Waals surface area contributed by atoms with Gasteiger partial charge in [-0.15, -0.1) is 0 Å². The van der Waals surface area contributed by atoms with E-state index in [1.807, 2.05) is 0 Å². The number of nitrogens with zero attached hydrogens (tertiary/aromatic N) is 2. The van der Waals surface area contributed by atoms with E-state index >= 15 is 0 Å². The van der Waals surface area contributed by atoms with Crippen LogP contribution < -0.4 is 0 Å². The molecule has 8 bridgehead atoms. The second-order valence-electron chi connectivity index (χ2n) is 29.0. The standard InChI is InChI=1S/C92H78N4/c1-53(2)41-57-25-33-61(34-26-57)81-85-73-45-65-17-9-11-19-67(65)47-75(73)87(93-85)82(62-35-27-58(28-36-62)42-54(3)4)89-77-49-69-21-13-15-23-71(69)51-79(77)91(95-89)84(64-39-31-60(32-40-64)44-56(7)8)92-80-52-72-24-16-14-22-70(72)50-78(80)90(96-92)83(63-37-29-59(30-38-63)43-55(5)6)88-76-48-68-20-12-10-18-66(68)46-74(76)86(81)94-88/h9-40,45-56,93,96H,41-44H2,1-8H3. The van der Waals surface area contributed by atoms with E-state index in [1.165, 1.54) is 43.8 Å². The number of aromatic amines is 2. The summed E-state index contributed by atoms with van der Waals surface area (Å²) in [7, 11) is 0. The summed E-state index contributed by atoms with van der Waals surface area (Å²) in [6.07, 6.45) is 3.93. The molecule has 14 aromatic rings. The second-order valence-corrected chi connectivity index (χ2v) is 29.0. The third-order valence-electron chi connectivity index (χ3n) is 20.1. The van der Waals surface area contributed by atoms with Crippen LogP contribution in [-0.2, 0) is 25.7 Å². The molecule has 12 aromatic carbocycles. The molecule has 0 amide bonds. The molecule has 0 unspecified atom stereocenters. The lowest BCUT2D eigenvalue weighted by molar-refractivity contribution is 0.647. The van der Waals surface area contributed by atoms with Crippen LogP contribution in [0.25, 0.3) is 176 Å². The minimum atomic E-state index is 0.499. The summed E-state index contributed by atoms with van der Waals surface area (Å²) in [6, 6.07) is 92.6. The van der Waals surface area contributed by atoms with E-state index in [0.29, 0.717) is 23.7 Å². The van der Waals surface area contributed by atoms with E-state index in [4.69, 9.17) is 9.97 Å². The van der Waals surface area contributed by atoms with Gasteiger partial charge in [0.05, 0.1) is 44.8 Å². The van der Waals surface area contributed by atoms with Crippen LogP contribution in [0.5, 0.6) is 0 Å². The fourth-order valence-electron chi connectivity index (χ4n) is 15.8. The van der Waals surface area contributed by atoms with Gasteiger partial charge in [-0.25, -0.2) is 9.97 Å². The van der Waals surface area contributed by atoms with Crippen LogP contribution in [0.15, 0.2) is 243 Å².